The van der Waals surface area contributed by atoms with Gasteiger partial charge in [-0.2, -0.15) is 18.3 Å². The summed E-state index contributed by atoms with van der Waals surface area (Å²) in [5.41, 5.74) is 1.29. The molecule has 1 aromatic heterocycles. The van der Waals surface area contributed by atoms with Gasteiger partial charge in [-0.1, -0.05) is 25.1 Å². The molecule has 0 N–H and O–H groups in total. The van der Waals surface area contributed by atoms with Crippen LogP contribution < -0.4 is 0 Å². The normalized spacial score (nSPS) is 11.8. The summed E-state index contributed by atoms with van der Waals surface area (Å²) in [5.74, 6) is 0. The number of rotatable bonds is 2. The molecule has 18 heavy (non-hydrogen) atoms. The van der Waals surface area contributed by atoms with Crippen LogP contribution in [0, 0.1) is 6.92 Å². The van der Waals surface area contributed by atoms with Gasteiger partial charge in [-0.05, 0) is 31.0 Å². The standard InChI is InChI=1S/C13H13F3N2/c1-3-10-8-12(13(14,15)16)17-18(10)11-7-5-4-6-9(11)2/h4-8H,3H2,1-2H3. The Kier molecular flexibility index (Phi) is 3.15. The van der Waals surface area contributed by atoms with Gasteiger partial charge in [-0.25, -0.2) is 4.68 Å². The van der Waals surface area contributed by atoms with E-state index in [4.69, 9.17) is 0 Å². The van der Waals surface area contributed by atoms with Crippen molar-refractivity contribution in [2.45, 2.75) is 26.4 Å². The minimum atomic E-state index is -4.40. The predicted octanol–water partition coefficient (Wildman–Crippen LogP) is 3.76. The molecule has 0 bridgehead atoms. The Bertz CT molecular complexity index is 556. The van der Waals surface area contributed by atoms with Crippen LogP contribution in [0.15, 0.2) is 30.3 Å². The lowest BCUT2D eigenvalue weighted by atomic mass is 10.2. The van der Waals surface area contributed by atoms with E-state index in [1.54, 1.807) is 12.1 Å². The summed E-state index contributed by atoms with van der Waals surface area (Å²) in [6.07, 6.45) is -3.91. The summed E-state index contributed by atoms with van der Waals surface area (Å²) in [7, 11) is 0. The molecule has 0 radical (unpaired) electrons. The van der Waals surface area contributed by atoms with Crippen molar-refractivity contribution in [3.63, 3.8) is 0 Å². The molecule has 96 valence electrons. The fourth-order valence-corrected chi connectivity index (χ4v) is 1.82. The van der Waals surface area contributed by atoms with Crippen LogP contribution >= 0.6 is 0 Å². The second kappa shape index (κ2) is 4.48. The van der Waals surface area contributed by atoms with E-state index >= 15 is 0 Å². The van der Waals surface area contributed by atoms with Crippen LogP contribution in [-0.4, -0.2) is 9.78 Å². The summed E-state index contributed by atoms with van der Waals surface area (Å²) in [4.78, 5) is 0. The average molecular weight is 254 g/mol. The fourth-order valence-electron chi connectivity index (χ4n) is 1.82. The number of nitrogens with zero attached hydrogens (tertiary/aromatic N) is 2. The number of hydrogen-bond acceptors (Lipinski definition) is 1. The van der Waals surface area contributed by atoms with Crippen molar-refractivity contribution in [2.24, 2.45) is 0 Å². The van der Waals surface area contributed by atoms with E-state index in [2.05, 4.69) is 5.10 Å². The second-order valence-electron chi connectivity index (χ2n) is 4.07. The van der Waals surface area contributed by atoms with E-state index in [0.717, 1.165) is 11.6 Å². The van der Waals surface area contributed by atoms with Crippen molar-refractivity contribution in [1.82, 2.24) is 9.78 Å². The summed E-state index contributed by atoms with van der Waals surface area (Å²) in [5, 5.41) is 3.68. The monoisotopic (exact) mass is 254 g/mol. The Morgan fingerprint density at radius 1 is 1.22 bits per heavy atom. The molecule has 5 heteroatoms. The SMILES string of the molecule is CCc1cc(C(F)(F)F)nn1-c1ccccc1C. The lowest BCUT2D eigenvalue weighted by Gasteiger charge is -2.08. The molecule has 0 aliphatic heterocycles. The molecule has 2 rings (SSSR count). The number of hydrogen-bond donors (Lipinski definition) is 0. The number of benzene rings is 1. The van der Waals surface area contributed by atoms with Crippen molar-refractivity contribution in [3.05, 3.63) is 47.3 Å². The zero-order chi connectivity index (χ0) is 13.3. The lowest BCUT2D eigenvalue weighted by Crippen LogP contribution is -2.08. The third-order valence-corrected chi connectivity index (χ3v) is 2.78. The smallest absolute Gasteiger partial charge is 0.237 e. The first-order chi connectivity index (χ1) is 8.43. The van der Waals surface area contributed by atoms with E-state index in [0.29, 0.717) is 17.8 Å². The summed E-state index contributed by atoms with van der Waals surface area (Å²) >= 11 is 0. The van der Waals surface area contributed by atoms with E-state index < -0.39 is 11.9 Å². The van der Waals surface area contributed by atoms with Gasteiger partial charge in [0.15, 0.2) is 5.69 Å². The van der Waals surface area contributed by atoms with Crippen LogP contribution in [0.25, 0.3) is 5.69 Å². The van der Waals surface area contributed by atoms with E-state index in [9.17, 15) is 13.2 Å². The van der Waals surface area contributed by atoms with Gasteiger partial charge < -0.3 is 0 Å². The summed E-state index contributed by atoms with van der Waals surface area (Å²) < 4.78 is 39.3. The molecule has 0 aliphatic carbocycles. The Labute approximate surface area is 103 Å². The van der Waals surface area contributed by atoms with E-state index in [1.807, 2.05) is 26.0 Å². The Morgan fingerprint density at radius 2 is 1.89 bits per heavy atom. The highest BCUT2D eigenvalue weighted by Gasteiger charge is 2.34. The number of halogens is 3. The van der Waals surface area contributed by atoms with Crippen LogP contribution in [0.1, 0.15) is 23.9 Å². The zero-order valence-electron chi connectivity index (χ0n) is 10.1. The Hall–Kier alpha value is -1.78. The second-order valence-corrected chi connectivity index (χ2v) is 4.07. The van der Waals surface area contributed by atoms with Gasteiger partial charge in [0, 0.05) is 5.69 Å². The largest absolute Gasteiger partial charge is 0.435 e. The van der Waals surface area contributed by atoms with Gasteiger partial charge in [0.05, 0.1) is 5.69 Å². The average Bonchev–Trinajstić information content (AvgIpc) is 2.73. The quantitative estimate of drug-likeness (QED) is 0.797. The molecule has 0 spiro atoms. The van der Waals surface area contributed by atoms with Crippen LogP contribution in [0.5, 0.6) is 0 Å². The molecule has 0 atom stereocenters. The molecule has 2 nitrogen and oxygen atoms in total. The van der Waals surface area contributed by atoms with Crippen molar-refractivity contribution < 1.29 is 13.2 Å². The first-order valence-electron chi connectivity index (χ1n) is 5.65. The van der Waals surface area contributed by atoms with Gasteiger partial charge in [0.1, 0.15) is 0 Å². The van der Waals surface area contributed by atoms with Crippen molar-refractivity contribution in [1.29, 1.82) is 0 Å². The molecule has 0 saturated carbocycles. The third-order valence-electron chi connectivity index (χ3n) is 2.78. The van der Waals surface area contributed by atoms with E-state index in [-0.39, 0.29) is 0 Å². The number of para-hydroxylation sites is 1. The highest BCUT2D eigenvalue weighted by atomic mass is 19.4. The Morgan fingerprint density at radius 3 is 2.44 bits per heavy atom. The molecule has 2 aromatic rings. The van der Waals surface area contributed by atoms with Crippen LogP contribution in [0.3, 0.4) is 0 Å². The minimum absolute atomic E-state index is 0.497. The van der Waals surface area contributed by atoms with Gasteiger partial charge >= 0.3 is 6.18 Å². The third kappa shape index (κ3) is 2.25. The van der Waals surface area contributed by atoms with Crippen LogP contribution in [-0.2, 0) is 12.6 Å². The molecule has 0 aliphatic rings. The maximum absolute atomic E-state index is 12.7. The highest BCUT2D eigenvalue weighted by molar-refractivity contribution is 5.41. The number of alkyl halides is 3. The molecule has 0 saturated heterocycles. The van der Waals surface area contributed by atoms with E-state index in [1.165, 1.54) is 4.68 Å². The van der Waals surface area contributed by atoms with Crippen molar-refractivity contribution in [3.8, 4) is 5.69 Å². The summed E-state index contributed by atoms with van der Waals surface area (Å²) in [6, 6.07) is 8.35. The highest BCUT2D eigenvalue weighted by Crippen LogP contribution is 2.30. The molecule has 1 heterocycles. The number of aryl methyl sites for hydroxylation is 2. The number of aromatic nitrogens is 2. The molecule has 0 amide bonds. The van der Waals surface area contributed by atoms with Gasteiger partial charge in [-0.3, -0.25) is 0 Å². The zero-order valence-corrected chi connectivity index (χ0v) is 10.1. The van der Waals surface area contributed by atoms with Crippen LogP contribution in [0.4, 0.5) is 13.2 Å². The van der Waals surface area contributed by atoms with Gasteiger partial charge in [0.2, 0.25) is 0 Å². The molecule has 1 aromatic carbocycles. The lowest BCUT2D eigenvalue weighted by molar-refractivity contribution is -0.141. The van der Waals surface area contributed by atoms with Crippen molar-refractivity contribution >= 4 is 0 Å². The first-order valence-corrected chi connectivity index (χ1v) is 5.65. The molecular formula is C13H13F3N2. The van der Waals surface area contributed by atoms with Crippen molar-refractivity contribution in [2.75, 3.05) is 0 Å². The van der Waals surface area contributed by atoms with Crippen LogP contribution in [0.2, 0.25) is 0 Å². The maximum atomic E-state index is 12.7. The Balaban J connectivity index is 2.58. The maximum Gasteiger partial charge on any atom is 0.435 e. The first kappa shape index (κ1) is 12.7. The van der Waals surface area contributed by atoms with Gasteiger partial charge in [0.25, 0.3) is 0 Å². The minimum Gasteiger partial charge on any atom is -0.237 e. The molecular weight excluding hydrogens is 241 g/mol. The predicted molar refractivity (Wildman–Crippen MR) is 62.7 cm³/mol. The fraction of sp³-hybridized carbons (Fsp3) is 0.308. The van der Waals surface area contributed by atoms with Gasteiger partial charge in [-0.15, -0.1) is 0 Å². The molecule has 0 unspecified atom stereocenters. The summed E-state index contributed by atoms with van der Waals surface area (Å²) in [6.45, 7) is 3.66. The topological polar surface area (TPSA) is 17.8 Å². The molecule has 0 fully saturated rings.